The van der Waals surface area contributed by atoms with Crippen molar-refractivity contribution >= 4 is 17.6 Å². The number of ether oxygens (including phenoxy) is 3. The van der Waals surface area contributed by atoms with Crippen LogP contribution in [-0.2, 0) is 0 Å². The van der Waals surface area contributed by atoms with E-state index in [1.54, 1.807) is 31.2 Å². The SMILES string of the molecule is COc1cc(-c2c(C#N)c(N)nc(Sc3c(C)[nH]n(-c4ccccc4)c3=O)c2C#N)cc(OC)c1OC. The Balaban J connectivity index is 1.94. The standard InChI is InChI=1S/C26H22N6O4S/c1-14-23(26(33)32(31-14)16-8-6-5-7-9-16)37-25-18(13-28)21(17(12-27)24(29)30-25)15-10-19(34-2)22(36-4)20(11-15)35-3/h5-11,31H,1-4H3,(H2,29,30). The molecule has 0 saturated carbocycles. The summed E-state index contributed by atoms with van der Waals surface area (Å²) in [6.45, 7) is 1.75. The molecule has 186 valence electrons. The number of nitriles is 2. The number of hydrogen-bond donors (Lipinski definition) is 2. The van der Waals surface area contributed by atoms with Gasteiger partial charge in [0, 0.05) is 11.3 Å². The molecule has 0 aliphatic rings. The third kappa shape index (κ3) is 4.44. The number of nitrogens with one attached hydrogen (secondary N) is 1. The van der Waals surface area contributed by atoms with E-state index < -0.39 is 0 Å². The zero-order valence-electron chi connectivity index (χ0n) is 20.4. The van der Waals surface area contributed by atoms with Gasteiger partial charge in [0.25, 0.3) is 5.56 Å². The van der Waals surface area contributed by atoms with Crippen LogP contribution in [0.5, 0.6) is 17.2 Å². The Morgan fingerprint density at radius 2 is 1.62 bits per heavy atom. The number of anilines is 1. The normalized spacial score (nSPS) is 10.4. The van der Waals surface area contributed by atoms with Gasteiger partial charge in [-0.1, -0.05) is 30.0 Å². The zero-order chi connectivity index (χ0) is 26.7. The van der Waals surface area contributed by atoms with E-state index in [-0.39, 0.29) is 33.1 Å². The van der Waals surface area contributed by atoms with E-state index >= 15 is 0 Å². The lowest BCUT2D eigenvalue weighted by Crippen LogP contribution is -2.15. The first-order chi connectivity index (χ1) is 17.9. The van der Waals surface area contributed by atoms with Crippen molar-refractivity contribution in [1.82, 2.24) is 14.8 Å². The van der Waals surface area contributed by atoms with E-state index in [1.165, 1.54) is 26.0 Å². The largest absolute Gasteiger partial charge is 0.493 e. The fourth-order valence-corrected chi connectivity index (χ4v) is 4.86. The maximum absolute atomic E-state index is 13.3. The van der Waals surface area contributed by atoms with Crippen molar-refractivity contribution in [3.63, 3.8) is 0 Å². The molecule has 3 N–H and O–H groups in total. The smallest absolute Gasteiger partial charge is 0.285 e. The lowest BCUT2D eigenvalue weighted by molar-refractivity contribution is 0.324. The topological polar surface area (TPSA) is 152 Å². The number of benzene rings is 2. The summed E-state index contributed by atoms with van der Waals surface area (Å²) in [5.74, 6) is 0.944. The van der Waals surface area contributed by atoms with Crippen molar-refractivity contribution in [3.05, 3.63) is 69.6 Å². The van der Waals surface area contributed by atoms with Gasteiger partial charge in [-0.25, -0.2) is 9.67 Å². The lowest BCUT2D eigenvalue weighted by Gasteiger charge is -2.17. The van der Waals surface area contributed by atoms with Gasteiger partial charge >= 0.3 is 0 Å². The molecule has 0 atom stereocenters. The fraction of sp³-hybridized carbons (Fsp3) is 0.154. The van der Waals surface area contributed by atoms with E-state index in [2.05, 4.69) is 16.2 Å². The quantitative estimate of drug-likeness (QED) is 0.372. The molecule has 0 aliphatic carbocycles. The van der Waals surface area contributed by atoms with E-state index in [0.717, 1.165) is 11.8 Å². The molecule has 0 saturated heterocycles. The highest BCUT2D eigenvalue weighted by Gasteiger charge is 2.25. The summed E-state index contributed by atoms with van der Waals surface area (Å²) in [5.41, 5.74) is 7.90. The first-order valence-corrected chi connectivity index (χ1v) is 11.7. The molecule has 0 bridgehead atoms. The first-order valence-electron chi connectivity index (χ1n) is 10.9. The molecule has 37 heavy (non-hydrogen) atoms. The number of H-pyrrole nitrogens is 1. The van der Waals surface area contributed by atoms with Gasteiger partial charge in [-0.2, -0.15) is 10.5 Å². The third-order valence-electron chi connectivity index (χ3n) is 5.60. The van der Waals surface area contributed by atoms with Gasteiger partial charge in [-0.3, -0.25) is 9.89 Å². The van der Waals surface area contributed by atoms with Gasteiger partial charge in [0.05, 0.1) is 32.6 Å². The number of aromatic nitrogens is 3. The number of methoxy groups -OCH3 is 3. The highest BCUT2D eigenvalue weighted by molar-refractivity contribution is 7.99. The molecule has 0 radical (unpaired) electrons. The average Bonchev–Trinajstić information content (AvgIpc) is 3.20. The molecular formula is C26H22N6O4S. The number of nitrogens with zero attached hydrogens (tertiary/aromatic N) is 4. The van der Waals surface area contributed by atoms with Crippen molar-refractivity contribution in [2.24, 2.45) is 0 Å². The molecule has 11 heteroatoms. The van der Waals surface area contributed by atoms with E-state index in [4.69, 9.17) is 19.9 Å². The van der Waals surface area contributed by atoms with Crippen LogP contribution in [0.15, 0.2) is 57.2 Å². The molecular weight excluding hydrogens is 492 g/mol. The summed E-state index contributed by atoms with van der Waals surface area (Å²) in [7, 11) is 4.40. The Bertz CT molecular complexity index is 1610. The molecule has 10 nitrogen and oxygen atoms in total. The number of aryl methyl sites for hydroxylation is 1. The predicted molar refractivity (Wildman–Crippen MR) is 138 cm³/mol. The van der Waals surface area contributed by atoms with Crippen molar-refractivity contribution in [2.45, 2.75) is 16.8 Å². The fourth-order valence-electron chi connectivity index (χ4n) is 3.89. The predicted octanol–water partition coefficient (Wildman–Crippen LogP) is 4.04. The highest BCUT2D eigenvalue weighted by Crippen LogP contribution is 2.45. The molecule has 4 rings (SSSR count). The van der Waals surface area contributed by atoms with Crippen LogP contribution in [0.1, 0.15) is 16.8 Å². The molecule has 2 aromatic carbocycles. The third-order valence-corrected chi connectivity index (χ3v) is 6.77. The molecule has 4 aromatic rings. The van der Waals surface area contributed by atoms with Crippen LogP contribution in [0.25, 0.3) is 16.8 Å². The minimum atomic E-state index is -0.309. The van der Waals surface area contributed by atoms with Gasteiger partial charge in [-0.05, 0) is 36.8 Å². The van der Waals surface area contributed by atoms with Gasteiger partial charge in [0.2, 0.25) is 5.75 Å². The van der Waals surface area contributed by atoms with Crippen LogP contribution in [0.4, 0.5) is 5.82 Å². The van der Waals surface area contributed by atoms with Crippen molar-refractivity contribution in [3.8, 4) is 46.2 Å². The minimum Gasteiger partial charge on any atom is -0.493 e. The summed E-state index contributed by atoms with van der Waals surface area (Å²) < 4.78 is 17.7. The second kappa shape index (κ2) is 10.4. The summed E-state index contributed by atoms with van der Waals surface area (Å²) in [6, 6.07) is 16.5. The number of para-hydroxylation sites is 1. The van der Waals surface area contributed by atoms with E-state index in [9.17, 15) is 15.3 Å². The lowest BCUT2D eigenvalue weighted by atomic mass is 9.96. The van der Waals surface area contributed by atoms with Crippen LogP contribution >= 0.6 is 11.8 Å². The zero-order valence-corrected chi connectivity index (χ0v) is 21.3. The maximum atomic E-state index is 13.3. The number of aromatic amines is 1. The van der Waals surface area contributed by atoms with Gasteiger partial charge in [0.15, 0.2) is 11.5 Å². The Hall–Kier alpha value is -4.87. The van der Waals surface area contributed by atoms with Crippen LogP contribution in [0, 0.1) is 29.6 Å². The molecule has 2 heterocycles. The van der Waals surface area contributed by atoms with Crippen LogP contribution in [0.3, 0.4) is 0 Å². The highest BCUT2D eigenvalue weighted by atomic mass is 32.2. The second-order valence-corrected chi connectivity index (χ2v) is 8.71. The Morgan fingerprint density at radius 3 is 2.16 bits per heavy atom. The number of nitrogen functional groups attached to an aromatic ring is 1. The van der Waals surface area contributed by atoms with Crippen molar-refractivity contribution in [1.29, 1.82) is 10.5 Å². The first kappa shape index (κ1) is 25.2. The second-order valence-electron chi connectivity index (χ2n) is 7.71. The molecule has 2 aromatic heterocycles. The monoisotopic (exact) mass is 514 g/mol. The van der Waals surface area contributed by atoms with Crippen molar-refractivity contribution < 1.29 is 14.2 Å². The summed E-state index contributed by atoms with van der Waals surface area (Å²) in [4.78, 5) is 17.9. The number of nitrogens with two attached hydrogens (primary N) is 1. The van der Waals surface area contributed by atoms with E-state index in [0.29, 0.717) is 39.1 Å². The summed E-state index contributed by atoms with van der Waals surface area (Å²) >= 11 is 1.00. The molecule has 0 fully saturated rings. The van der Waals surface area contributed by atoms with E-state index in [1.807, 2.05) is 24.3 Å². The number of pyridine rings is 1. The maximum Gasteiger partial charge on any atom is 0.285 e. The Morgan fingerprint density at radius 1 is 1.00 bits per heavy atom. The van der Waals surface area contributed by atoms with Gasteiger partial charge in [0.1, 0.15) is 33.4 Å². The van der Waals surface area contributed by atoms with Crippen LogP contribution in [0.2, 0.25) is 0 Å². The molecule has 0 unspecified atom stereocenters. The van der Waals surface area contributed by atoms with Crippen LogP contribution < -0.4 is 25.5 Å². The number of hydrogen-bond acceptors (Lipinski definition) is 9. The van der Waals surface area contributed by atoms with Gasteiger partial charge < -0.3 is 19.9 Å². The molecule has 0 amide bonds. The average molecular weight is 515 g/mol. The van der Waals surface area contributed by atoms with Crippen LogP contribution in [-0.4, -0.2) is 36.1 Å². The Labute approximate surface area is 216 Å². The summed E-state index contributed by atoms with van der Waals surface area (Å²) in [5, 5.41) is 23.3. The molecule has 0 spiro atoms. The minimum absolute atomic E-state index is 0.0164. The number of rotatable bonds is 7. The van der Waals surface area contributed by atoms with Gasteiger partial charge in [-0.15, -0.1) is 0 Å². The van der Waals surface area contributed by atoms with Crippen molar-refractivity contribution in [2.75, 3.05) is 27.1 Å². The summed E-state index contributed by atoms with van der Waals surface area (Å²) in [6.07, 6.45) is 0. The Kier molecular flexibility index (Phi) is 7.09. The molecule has 0 aliphatic heterocycles.